The Morgan fingerprint density at radius 2 is 2.00 bits per heavy atom. The van der Waals surface area contributed by atoms with Crippen molar-refractivity contribution >= 4 is 22.7 Å². The van der Waals surface area contributed by atoms with Crippen LogP contribution in [0, 0.1) is 0 Å². The molecule has 9 heteroatoms. The molecule has 9 nitrogen and oxygen atoms in total. The Labute approximate surface area is 171 Å². The van der Waals surface area contributed by atoms with Gasteiger partial charge in [-0.25, -0.2) is 0 Å². The minimum atomic E-state index is -0.839. The number of rotatable bonds is 6. The average Bonchev–Trinajstić information content (AvgIpc) is 3.42. The molecule has 156 valence electrons. The molecule has 0 fully saturated rings. The maximum Gasteiger partial charge on any atom is 0.257 e. The Morgan fingerprint density at radius 1 is 1.23 bits per heavy atom. The molecule has 0 bridgehead atoms. The number of pyridine rings is 1. The molecule has 0 aliphatic carbocycles. The minimum absolute atomic E-state index is 0.0473. The molecule has 1 aliphatic heterocycles. The Bertz CT molecular complexity index is 1170. The van der Waals surface area contributed by atoms with Crippen molar-refractivity contribution in [2.45, 2.75) is 33.0 Å². The van der Waals surface area contributed by atoms with Crippen molar-refractivity contribution in [2.24, 2.45) is 0 Å². The van der Waals surface area contributed by atoms with Crippen molar-refractivity contribution in [2.75, 3.05) is 6.79 Å². The van der Waals surface area contributed by atoms with Crippen LogP contribution in [0.3, 0.4) is 0 Å². The number of amides is 2. The fourth-order valence-corrected chi connectivity index (χ4v) is 3.28. The van der Waals surface area contributed by atoms with Gasteiger partial charge in [0.2, 0.25) is 18.1 Å². The summed E-state index contributed by atoms with van der Waals surface area (Å²) in [6.07, 6.45) is 3.01. The fraction of sp³-hybridized carbons (Fsp3) is 0.286. The zero-order valence-corrected chi connectivity index (χ0v) is 16.6. The molecule has 1 atom stereocenters. The minimum Gasteiger partial charge on any atom is -0.467 e. The third-order valence-corrected chi connectivity index (χ3v) is 4.92. The van der Waals surface area contributed by atoms with Gasteiger partial charge >= 0.3 is 0 Å². The number of nitrogens with one attached hydrogen (secondary N) is 2. The van der Waals surface area contributed by atoms with Crippen LogP contribution in [0.1, 0.15) is 30.0 Å². The maximum atomic E-state index is 13.0. The molecule has 2 amide bonds. The van der Waals surface area contributed by atoms with Crippen molar-refractivity contribution in [1.82, 2.24) is 15.2 Å². The van der Waals surface area contributed by atoms with E-state index < -0.39 is 17.4 Å². The summed E-state index contributed by atoms with van der Waals surface area (Å²) >= 11 is 0. The molecule has 3 heterocycles. The van der Waals surface area contributed by atoms with Crippen molar-refractivity contribution < 1.29 is 23.5 Å². The molecule has 30 heavy (non-hydrogen) atoms. The van der Waals surface area contributed by atoms with E-state index in [0.717, 1.165) is 0 Å². The van der Waals surface area contributed by atoms with Crippen LogP contribution < -0.4 is 25.5 Å². The first-order valence-corrected chi connectivity index (χ1v) is 9.55. The highest BCUT2D eigenvalue weighted by Gasteiger charge is 2.23. The topological polar surface area (TPSA) is 112 Å². The van der Waals surface area contributed by atoms with E-state index >= 15 is 0 Å². The Kier molecular flexibility index (Phi) is 5.18. The van der Waals surface area contributed by atoms with E-state index in [1.165, 1.54) is 12.5 Å². The summed E-state index contributed by atoms with van der Waals surface area (Å²) in [6.45, 7) is 4.28. The number of fused-ring (bicyclic) bond motifs is 2. The molecule has 3 aromatic rings. The zero-order valence-electron chi connectivity index (χ0n) is 16.6. The number of benzene rings is 1. The summed E-state index contributed by atoms with van der Waals surface area (Å²) in [5.74, 6) is 0.608. The van der Waals surface area contributed by atoms with Gasteiger partial charge in [-0.05, 0) is 32.0 Å². The van der Waals surface area contributed by atoms with Gasteiger partial charge in [-0.3, -0.25) is 14.4 Å². The average molecular weight is 411 g/mol. The number of carbonyl (C=O) groups excluding carboxylic acids is 2. The highest BCUT2D eigenvalue weighted by atomic mass is 16.7. The number of ether oxygens (including phenoxy) is 2. The molecule has 2 N–H and O–H groups in total. The normalized spacial score (nSPS) is 13.3. The van der Waals surface area contributed by atoms with E-state index in [4.69, 9.17) is 13.9 Å². The first kappa shape index (κ1) is 19.6. The monoisotopic (exact) mass is 411 g/mol. The van der Waals surface area contributed by atoms with Gasteiger partial charge in [-0.2, -0.15) is 0 Å². The Balaban J connectivity index is 1.56. The summed E-state index contributed by atoms with van der Waals surface area (Å²) in [5, 5.41) is 5.61. The second-order valence-corrected chi connectivity index (χ2v) is 6.87. The summed E-state index contributed by atoms with van der Waals surface area (Å²) in [5.41, 5.74) is 0.162. The van der Waals surface area contributed by atoms with Gasteiger partial charge in [0.25, 0.3) is 5.91 Å². The Morgan fingerprint density at radius 3 is 2.70 bits per heavy atom. The number of aromatic nitrogens is 1. The van der Waals surface area contributed by atoms with Crippen LogP contribution in [-0.2, 0) is 17.9 Å². The highest BCUT2D eigenvalue weighted by molar-refractivity contribution is 6.00. The van der Waals surface area contributed by atoms with Gasteiger partial charge in [0.1, 0.15) is 17.4 Å². The van der Waals surface area contributed by atoms with Crippen molar-refractivity contribution in [3.05, 3.63) is 58.3 Å². The molecule has 0 unspecified atom stereocenters. The van der Waals surface area contributed by atoms with E-state index in [9.17, 15) is 14.4 Å². The van der Waals surface area contributed by atoms with Crippen LogP contribution in [-0.4, -0.2) is 29.2 Å². The van der Waals surface area contributed by atoms with E-state index in [2.05, 4.69) is 10.6 Å². The molecule has 2 aromatic heterocycles. The third-order valence-electron chi connectivity index (χ3n) is 4.92. The smallest absolute Gasteiger partial charge is 0.257 e. The Hall–Kier alpha value is -3.75. The number of hydrogen-bond donors (Lipinski definition) is 2. The first-order valence-electron chi connectivity index (χ1n) is 9.55. The van der Waals surface area contributed by atoms with E-state index in [-0.39, 0.29) is 24.8 Å². The van der Waals surface area contributed by atoms with Gasteiger partial charge in [-0.15, -0.1) is 0 Å². The predicted molar refractivity (Wildman–Crippen MR) is 107 cm³/mol. The highest BCUT2D eigenvalue weighted by Crippen LogP contribution is 2.35. The number of hydrogen-bond acceptors (Lipinski definition) is 6. The van der Waals surface area contributed by atoms with Gasteiger partial charge < -0.3 is 29.1 Å². The van der Waals surface area contributed by atoms with Crippen molar-refractivity contribution in [1.29, 1.82) is 0 Å². The zero-order chi connectivity index (χ0) is 21.3. The van der Waals surface area contributed by atoms with Crippen LogP contribution in [0.4, 0.5) is 0 Å². The second-order valence-electron chi connectivity index (χ2n) is 6.87. The first-order chi connectivity index (χ1) is 14.5. The van der Waals surface area contributed by atoms with Gasteiger partial charge in [0.15, 0.2) is 11.5 Å². The SMILES string of the molecule is CCn1cc(C(=O)N[C@@H](C)C(=O)NCc2ccco2)c(=O)c2cc3c(cc21)OCO3. The number of aryl methyl sites for hydroxylation is 1. The predicted octanol–water partition coefficient (Wildman–Crippen LogP) is 1.78. The second kappa shape index (κ2) is 7.94. The molecular weight excluding hydrogens is 390 g/mol. The van der Waals surface area contributed by atoms with E-state index in [0.29, 0.717) is 34.7 Å². The lowest BCUT2D eigenvalue weighted by Crippen LogP contribution is -2.45. The summed E-state index contributed by atoms with van der Waals surface area (Å²) in [7, 11) is 0. The molecule has 0 radical (unpaired) electrons. The van der Waals surface area contributed by atoms with Crippen LogP contribution >= 0.6 is 0 Å². The molecule has 0 saturated carbocycles. The van der Waals surface area contributed by atoms with Crippen molar-refractivity contribution in [3.63, 3.8) is 0 Å². The molecule has 0 saturated heterocycles. The molecular formula is C21H21N3O6. The molecule has 0 spiro atoms. The quantitative estimate of drug-likeness (QED) is 0.640. The van der Waals surface area contributed by atoms with Gasteiger partial charge in [-0.1, -0.05) is 0 Å². The maximum absolute atomic E-state index is 13.0. The van der Waals surface area contributed by atoms with Crippen LogP contribution in [0.25, 0.3) is 10.9 Å². The molecule has 4 rings (SSSR count). The summed E-state index contributed by atoms with van der Waals surface area (Å²) < 4.78 is 17.7. The lowest BCUT2D eigenvalue weighted by Gasteiger charge is -2.15. The summed E-state index contributed by atoms with van der Waals surface area (Å²) in [6, 6.07) is 5.93. The third kappa shape index (κ3) is 3.61. The van der Waals surface area contributed by atoms with Crippen LogP contribution in [0.5, 0.6) is 11.5 Å². The van der Waals surface area contributed by atoms with Gasteiger partial charge in [0.05, 0.1) is 23.7 Å². The lowest BCUT2D eigenvalue weighted by atomic mass is 10.1. The van der Waals surface area contributed by atoms with E-state index in [1.54, 1.807) is 35.8 Å². The largest absolute Gasteiger partial charge is 0.467 e. The van der Waals surface area contributed by atoms with Crippen LogP contribution in [0.2, 0.25) is 0 Å². The number of nitrogens with zero attached hydrogens (tertiary/aromatic N) is 1. The fourth-order valence-electron chi connectivity index (χ4n) is 3.28. The summed E-state index contributed by atoms with van der Waals surface area (Å²) in [4.78, 5) is 38.0. The number of carbonyl (C=O) groups is 2. The van der Waals surface area contributed by atoms with Crippen molar-refractivity contribution in [3.8, 4) is 11.5 Å². The number of furan rings is 1. The molecule has 1 aliphatic rings. The van der Waals surface area contributed by atoms with E-state index in [1.807, 2.05) is 6.92 Å². The standard InChI is InChI=1S/C21H21N3O6/c1-3-24-10-15(19(25)14-7-17-18(8-16(14)24)30-11-29-17)21(27)23-12(2)20(26)22-9-13-5-4-6-28-13/h4-8,10,12H,3,9,11H2,1-2H3,(H,22,26)(H,23,27)/t12-/m0/s1. The lowest BCUT2D eigenvalue weighted by molar-refractivity contribution is -0.122. The molecule has 1 aromatic carbocycles. The van der Waals surface area contributed by atoms with Gasteiger partial charge in [0, 0.05) is 18.8 Å². The van der Waals surface area contributed by atoms with Crippen LogP contribution in [0.15, 0.2) is 45.9 Å².